The maximum Gasteiger partial charge on any atom is 0.384 e. The molecule has 47 heavy (non-hydrogen) atoms. The first kappa shape index (κ1) is 40.7. The Bertz CT molecular complexity index is 1300. The number of benzene rings is 1. The molecule has 1 rings (SSSR count). The lowest BCUT2D eigenvalue weighted by atomic mass is 9.97. The van der Waals surface area contributed by atoms with E-state index in [4.69, 9.17) is 16.6 Å². The molecule has 6 atom stereocenters. The second kappa shape index (κ2) is 18.1. The number of hydrogen-bond acceptors (Lipinski definition) is 10. The summed E-state index contributed by atoms with van der Waals surface area (Å²) in [7, 11) is 0. The number of halogens is 2. The zero-order chi connectivity index (χ0) is 36.2. The lowest BCUT2D eigenvalue weighted by molar-refractivity contribution is -0.161. The topological polar surface area (TPSA) is 252 Å². The third-order valence-electron chi connectivity index (χ3n) is 7.05. The van der Waals surface area contributed by atoms with Gasteiger partial charge in [-0.05, 0) is 31.2 Å². The van der Waals surface area contributed by atoms with Crippen LogP contribution >= 0.6 is 0 Å². The number of aliphatic hydroxyl groups is 1. The summed E-state index contributed by atoms with van der Waals surface area (Å²) in [5, 5.41) is 19.4. The quantitative estimate of drug-likeness (QED) is 0.0848. The second-order valence-corrected chi connectivity index (χ2v) is 11.8. The molecule has 15 nitrogen and oxygen atoms in total. The van der Waals surface area contributed by atoms with Crippen LogP contribution in [0.2, 0.25) is 0 Å². The van der Waals surface area contributed by atoms with Crippen LogP contribution in [-0.2, 0) is 40.0 Å². The number of Topliss-reactive ketones (excluding diaryl/α,β-unsaturated/α-hetero) is 1. The van der Waals surface area contributed by atoms with Crippen LogP contribution in [-0.4, -0.2) is 95.1 Å². The molecule has 1 unspecified atom stereocenters. The molecule has 0 aliphatic carbocycles. The SMILES string of the molecule is CC(C)[C@H](N)C(=O)N[C@H](C(=O)NC(=O)C(F)(F)C(=O)C(Cc1ccccc1)NC(=O)[C@H](C)NC(=O)[C@H](C)NC(=O)[C@@H](N)CO)C(C)C. The Labute approximate surface area is 271 Å². The average Bonchev–Trinajstić information content (AvgIpc) is 3.01. The summed E-state index contributed by atoms with van der Waals surface area (Å²) in [6.07, 6.45) is -0.494. The van der Waals surface area contributed by atoms with E-state index in [9.17, 15) is 33.6 Å². The third kappa shape index (κ3) is 12.1. The van der Waals surface area contributed by atoms with E-state index in [1.54, 1.807) is 32.0 Å². The molecule has 1 aromatic carbocycles. The first-order chi connectivity index (χ1) is 21.7. The van der Waals surface area contributed by atoms with Gasteiger partial charge in [-0.2, -0.15) is 8.78 Å². The standard InChI is InChI=1S/C30H45F2N7O8/c1-14(2)21(34)27(45)38-22(15(3)4)28(46)39-29(47)30(31,32)23(41)20(12-18-10-8-7-9-11-18)37-25(43)17(6)35-24(42)16(5)36-26(44)19(33)13-40/h7-11,14-17,19-22,40H,12-13,33-34H2,1-6H3,(H,35,42)(H,36,44)(H,37,43)(H,38,45)(H,39,46,47)/t16-,17-,19-,20?,21-,22-/m0/s1. The van der Waals surface area contributed by atoms with Crippen LogP contribution in [0, 0.1) is 11.8 Å². The number of nitrogens with one attached hydrogen (secondary N) is 5. The predicted octanol–water partition coefficient (Wildman–Crippen LogP) is -1.99. The van der Waals surface area contributed by atoms with Gasteiger partial charge in [-0.3, -0.25) is 38.9 Å². The maximum atomic E-state index is 15.4. The number of amides is 6. The van der Waals surface area contributed by atoms with Gasteiger partial charge in [0.2, 0.25) is 35.3 Å². The fourth-order valence-electron chi connectivity index (χ4n) is 3.91. The summed E-state index contributed by atoms with van der Waals surface area (Å²) >= 11 is 0. The third-order valence-corrected chi connectivity index (χ3v) is 7.05. The first-order valence-corrected chi connectivity index (χ1v) is 14.9. The molecule has 0 bridgehead atoms. The number of hydrogen-bond donors (Lipinski definition) is 8. The summed E-state index contributed by atoms with van der Waals surface area (Å²) in [6, 6.07) is -0.731. The first-order valence-electron chi connectivity index (χ1n) is 14.9. The van der Waals surface area contributed by atoms with Crippen molar-refractivity contribution in [2.24, 2.45) is 23.3 Å². The van der Waals surface area contributed by atoms with E-state index in [1.165, 1.54) is 45.1 Å². The highest BCUT2D eigenvalue weighted by Crippen LogP contribution is 2.20. The summed E-state index contributed by atoms with van der Waals surface area (Å²) in [5.41, 5.74) is 11.5. The molecule has 262 valence electrons. The van der Waals surface area contributed by atoms with E-state index in [0.717, 1.165) is 0 Å². The molecule has 0 aliphatic rings. The molecule has 0 aromatic heterocycles. The molecule has 0 saturated carbocycles. The van der Waals surface area contributed by atoms with Crippen molar-refractivity contribution in [3.8, 4) is 0 Å². The van der Waals surface area contributed by atoms with Gasteiger partial charge in [-0.1, -0.05) is 58.0 Å². The van der Waals surface area contributed by atoms with Crippen molar-refractivity contribution >= 4 is 41.2 Å². The van der Waals surface area contributed by atoms with E-state index in [-0.39, 0.29) is 5.92 Å². The van der Waals surface area contributed by atoms with E-state index >= 15 is 8.78 Å². The molecule has 1 aromatic rings. The maximum absolute atomic E-state index is 15.4. The highest BCUT2D eigenvalue weighted by Gasteiger charge is 2.51. The molecule has 17 heteroatoms. The van der Waals surface area contributed by atoms with Crippen molar-refractivity contribution in [3.05, 3.63) is 35.9 Å². The number of rotatable bonds is 17. The predicted molar refractivity (Wildman–Crippen MR) is 165 cm³/mol. The average molecular weight is 670 g/mol. The van der Waals surface area contributed by atoms with E-state index in [2.05, 4.69) is 21.3 Å². The van der Waals surface area contributed by atoms with Crippen molar-refractivity contribution in [2.45, 2.75) is 90.1 Å². The van der Waals surface area contributed by atoms with Crippen molar-refractivity contribution in [1.82, 2.24) is 26.6 Å². The van der Waals surface area contributed by atoms with Crippen molar-refractivity contribution < 1.29 is 47.4 Å². The lowest BCUT2D eigenvalue weighted by Crippen LogP contribution is -2.61. The van der Waals surface area contributed by atoms with Gasteiger partial charge >= 0.3 is 11.8 Å². The van der Waals surface area contributed by atoms with Gasteiger partial charge in [0.05, 0.1) is 18.7 Å². The Morgan fingerprint density at radius 3 is 1.72 bits per heavy atom. The number of imide groups is 1. The Hall–Kier alpha value is -4.35. The van der Waals surface area contributed by atoms with Crippen LogP contribution in [0.25, 0.3) is 0 Å². The van der Waals surface area contributed by atoms with Crippen molar-refractivity contribution in [3.63, 3.8) is 0 Å². The number of aliphatic hydroxyl groups excluding tert-OH is 1. The van der Waals surface area contributed by atoms with Crippen LogP contribution in [0.15, 0.2) is 30.3 Å². The van der Waals surface area contributed by atoms with Gasteiger partial charge in [0.15, 0.2) is 0 Å². The molecular weight excluding hydrogens is 624 g/mol. The minimum Gasteiger partial charge on any atom is -0.394 e. The van der Waals surface area contributed by atoms with E-state index in [1.807, 2.05) is 0 Å². The Kier molecular flexibility index (Phi) is 15.7. The van der Waals surface area contributed by atoms with Gasteiger partial charge < -0.3 is 37.8 Å². The number of carbonyl (C=O) groups excluding carboxylic acids is 7. The van der Waals surface area contributed by atoms with Gasteiger partial charge in [0.25, 0.3) is 0 Å². The van der Waals surface area contributed by atoms with E-state index in [0.29, 0.717) is 5.56 Å². The summed E-state index contributed by atoms with van der Waals surface area (Å²) in [4.78, 5) is 88.3. The summed E-state index contributed by atoms with van der Waals surface area (Å²) < 4.78 is 30.7. The zero-order valence-electron chi connectivity index (χ0n) is 27.1. The molecule has 0 fully saturated rings. The number of ketones is 1. The number of nitrogens with two attached hydrogens (primary N) is 2. The molecular formula is C30H45F2N7O8. The molecule has 0 spiro atoms. The molecule has 10 N–H and O–H groups in total. The molecule has 6 amide bonds. The highest BCUT2D eigenvalue weighted by atomic mass is 19.3. The smallest absolute Gasteiger partial charge is 0.384 e. The van der Waals surface area contributed by atoms with Crippen molar-refractivity contribution in [2.75, 3.05) is 6.61 Å². The fraction of sp³-hybridized carbons (Fsp3) is 0.567. The van der Waals surface area contributed by atoms with Crippen LogP contribution in [0.1, 0.15) is 47.1 Å². The fourth-order valence-corrected chi connectivity index (χ4v) is 3.91. The normalized spacial score (nSPS) is 15.3. The second-order valence-electron chi connectivity index (χ2n) is 11.8. The summed E-state index contributed by atoms with van der Waals surface area (Å²) in [5.74, 6) is -15.0. The van der Waals surface area contributed by atoms with Crippen LogP contribution in [0.3, 0.4) is 0 Å². The number of carbonyl (C=O) groups is 7. The highest BCUT2D eigenvalue weighted by molar-refractivity contribution is 6.15. The van der Waals surface area contributed by atoms with Gasteiger partial charge in [0.1, 0.15) is 24.2 Å². The molecule has 0 aliphatic heterocycles. The Morgan fingerprint density at radius 1 is 0.723 bits per heavy atom. The van der Waals surface area contributed by atoms with Gasteiger partial charge in [0, 0.05) is 6.42 Å². The Balaban J connectivity index is 3.15. The lowest BCUT2D eigenvalue weighted by Gasteiger charge is -2.26. The minimum absolute atomic E-state index is 0.317. The molecule has 0 saturated heterocycles. The van der Waals surface area contributed by atoms with E-state index < -0.39 is 102 Å². The van der Waals surface area contributed by atoms with Crippen LogP contribution in [0.5, 0.6) is 0 Å². The Morgan fingerprint density at radius 2 is 1.23 bits per heavy atom. The minimum atomic E-state index is -4.83. The molecule has 0 heterocycles. The zero-order valence-corrected chi connectivity index (χ0v) is 27.1. The van der Waals surface area contributed by atoms with Crippen LogP contribution < -0.4 is 38.1 Å². The van der Waals surface area contributed by atoms with Crippen LogP contribution in [0.4, 0.5) is 8.78 Å². The monoisotopic (exact) mass is 669 g/mol. The number of alkyl halides is 2. The van der Waals surface area contributed by atoms with Gasteiger partial charge in [-0.25, -0.2) is 0 Å². The largest absolute Gasteiger partial charge is 0.394 e. The van der Waals surface area contributed by atoms with Crippen molar-refractivity contribution in [1.29, 1.82) is 0 Å². The van der Waals surface area contributed by atoms with Gasteiger partial charge in [-0.15, -0.1) is 0 Å². The molecule has 0 radical (unpaired) electrons. The summed E-state index contributed by atoms with van der Waals surface area (Å²) in [6.45, 7) is 8.04.